The molecule has 0 aliphatic heterocycles. The molecule has 4 heteroatoms. The van der Waals surface area contributed by atoms with E-state index in [1.54, 1.807) is 36.0 Å². The number of benzene rings is 1. The van der Waals surface area contributed by atoms with E-state index >= 15 is 0 Å². The van der Waals surface area contributed by atoms with Crippen LogP contribution in [0.15, 0.2) is 24.3 Å². The van der Waals surface area contributed by atoms with E-state index in [4.69, 9.17) is 11.6 Å². The number of anilines is 1. The second-order valence-corrected chi connectivity index (χ2v) is 3.83. The molecule has 0 saturated carbocycles. The molecule has 0 fully saturated rings. The van der Waals surface area contributed by atoms with E-state index in [-0.39, 0.29) is 6.03 Å². The van der Waals surface area contributed by atoms with E-state index in [1.807, 2.05) is 19.1 Å². The van der Waals surface area contributed by atoms with Gasteiger partial charge in [-0.2, -0.15) is 0 Å². The van der Waals surface area contributed by atoms with E-state index in [2.05, 4.69) is 0 Å². The zero-order chi connectivity index (χ0) is 11.4. The van der Waals surface area contributed by atoms with Gasteiger partial charge in [0.15, 0.2) is 0 Å². The lowest BCUT2D eigenvalue weighted by Crippen LogP contribution is -2.39. The van der Waals surface area contributed by atoms with Crippen LogP contribution in [0.1, 0.15) is 6.92 Å². The first kappa shape index (κ1) is 11.9. The van der Waals surface area contributed by atoms with Crippen molar-refractivity contribution in [2.75, 3.05) is 25.5 Å². The number of amides is 2. The maximum Gasteiger partial charge on any atom is 0.323 e. The molecule has 82 valence electrons. The molecule has 15 heavy (non-hydrogen) atoms. The molecule has 2 amide bonds. The van der Waals surface area contributed by atoms with Gasteiger partial charge in [-0.3, -0.25) is 4.90 Å². The molecule has 1 rings (SSSR count). The minimum absolute atomic E-state index is 0.0279. The van der Waals surface area contributed by atoms with Crippen molar-refractivity contribution in [2.24, 2.45) is 0 Å². The van der Waals surface area contributed by atoms with Gasteiger partial charge in [-0.1, -0.05) is 11.6 Å². The lowest BCUT2D eigenvalue weighted by atomic mass is 10.3. The number of carbonyl (C=O) groups is 1. The number of rotatable bonds is 2. The number of hydrogen-bond donors (Lipinski definition) is 0. The molecule has 0 atom stereocenters. The summed E-state index contributed by atoms with van der Waals surface area (Å²) in [5.74, 6) is 0. The molecule has 0 aliphatic carbocycles. The highest BCUT2D eigenvalue weighted by Gasteiger charge is 2.14. The first-order valence-corrected chi connectivity index (χ1v) is 5.18. The van der Waals surface area contributed by atoms with Gasteiger partial charge in [0.2, 0.25) is 0 Å². The molecule has 3 nitrogen and oxygen atoms in total. The molecule has 0 unspecified atom stereocenters. The van der Waals surface area contributed by atoms with Crippen molar-refractivity contribution in [2.45, 2.75) is 6.92 Å². The highest BCUT2D eigenvalue weighted by atomic mass is 35.5. The Balaban J connectivity index is 2.92. The lowest BCUT2D eigenvalue weighted by Gasteiger charge is -2.24. The SMILES string of the molecule is CCN(C(=O)N(C)C)c1ccc(Cl)cc1. The summed E-state index contributed by atoms with van der Waals surface area (Å²) in [4.78, 5) is 15.0. The van der Waals surface area contributed by atoms with Gasteiger partial charge in [0.05, 0.1) is 0 Å². The van der Waals surface area contributed by atoms with Crippen molar-refractivity contribution in [3.8, 4) is 0 Å². The van der Waals surface area contributed by atoms with Crippen LogP contribution in [0.4, 0.5) is 10.5 Å². The average Bonchev–Trinajstić information content (AvgIpc) is 2.21. The third kappa shape index (κ3) is 2.86. The topological polar surface area (TPSA) is 23.6 Å². The number of nitrogens with zero attached hydrogens (tertiary/aromatic N) is 2. The van der Waals surface area contributed by atoms with Crippen LogP contribution in [-0.4, -0.2) is 31.6 Å². The summed E-state index contributed by atoms with van der Waals surface area (Å²) in [6.07, 6.45) is 0. The first-order chi connectivity index (χ1) is 7.06. The van der Waals surface area contributed by atoms with Crippen LogP contribution in [-0.2, 0) is 0 Å². The van der Waals surface area contributed by atoms with E-state index in [1.165, 1.54) is 0 Å². The first-order valence-electron chi connectivity index (χ1n) is 4.80. The molecule has 0 spiro atoms. The van der Waals surface area contributed by atoms with Crippen LogP contribution < -0.4 is 4.90 Å². The largest absolute Gasteiger partial charge is 0.330 e. The maximum absolute atomic E-state index is 11.8. The average molecular weight is 227 g/mol. The Bertz CT molecular complexity index is 335. The number of urea groups is 1. The van der Waals surface area contributed by atoms with Crippen molar-refractivity contribution in [1.29, 1.82) is 0 Å². The Morgan fingerprint density at radius 2 is 1.80 bits per heavy atom. The lowest BCUT2D eigenvalue weighted by molar-refractivity contribution is 0.224. The fourth-order valence-electron chi connectivity index (χ4n) is 1.29. The molecule has 0 N–H and O–H groups in total. The van der Waals surface area contributed by atoms with Crippen molar-refractivity contribution in [1.82, 2.24) is 4.90 Å². The summed E-state index contributed by atoms with van der Waals surface area (Å²) in [6, 6.07) is 7.21. The molecule has 1 aromatic rings. The Morgan fingerprint density at radius 1 is 1.27 bits per heavy atom. The molecule has 0 aromatic heterocycles. The van der Waals surface area contributed by atoms with E-state index < -0.39 is 0 Å². The molecule has 0 bridgehead atoms. The number of hydrogen-bond acceptors (Lipinski definition) is 1. The fraction of sp³-hybridized carbons (Fsp3) is 0.364. The fourth-order valence-corrected chi connectivity index (χ4v) is 1.42. The predicted octanol–water partition coefficient (Wildman–Crippen LogP) is 2.85. The molecular weight excluding hydrogens is 212 g/mol. The third-order valence-corrected chi connectivity index (χ3v) is 2.32. The zero-order valence-electron chi connectivity index (χ0n) is 9.20. The van der Waals surface area contributed by atoms with Gasteiger partial charge in [-0.05, 0) is 31.2 Å². The Kier molecular flexibility index (Phi) is 3.97. The van der Waals surface area contributed by atoms with Gasteiger partial charge >= 0.3 is 6.03 Å². The minimum atomic E-state index is -0.0279. The Morgan fingerprint density at radius 3 is 2.20 bits per heavy atom. The molecule has 0 aliphatic rings. The van der Waals surface area contributed by atoms with Crippen LogP contribution >= 0.6 is 11.6 Å². The number of carbonyl (C=O) groups excluding carboxylic acids is 1. The highest BCUT2D eigenvalue weighted by Crippen LogP contribution is 2.18. The van der Waals surface area contributed by atoms with Gasteiger partial charge in [0, 0.05) is 31.4 Å². The monoisotopic (exact) mass is 226 g/mol. The summed E-state index contributed by atoms with van der Waals surface area (Å²) in [6.45, 7) is 2.58. The van der Waals surface area contributed by atoms with Crippen LogP contribution in [0.3, 0.4) is 0 Å². The summed E-state index contributed by atoms with van der Waals surface area (Å²) in [7, 11) is 3.47. The molecule has 0 radical (unpaired) electrons. The van der Waals surface area contributed by atoms with Crippen LogP contribution in [0.25, 0.3) is 0 Å². The maximum atomic E-state index is 11.8. The molecule has 0 saturated heterocycles. The van der Waals surface area contributed by atoms with Gasteiger partial charge in [0.1, 0.15) is 0 Å². The van der Waals surface area contributed by atoms with Crippen LogP contribution in [0.5, 0.6) is 0 Å². The van der Waals surface area contributed by atoms with Crippen molar-refractivity contribution < 1.29 is 4.79 Å². The summed E-state index contributed by atoms with van der Waals surface area (Å²) in [5.41, 5.74) is 0.862. The predicted molar refractivity (Wildman–Crippen MR) is 63.6 cm³/mol. The summed E-state index contributed by atoms with van der Waals surface area (Å²) >= 11 is 5.79. The van der Waals surface area contributed by atoms with Crippen molar-refractivity contribution in [3.05, 3.63) is 29.3 Å². The second-order valence-electron chi connectivity index (χ2n) is 3.40. The third-order valence-electron chi connectivity index (χ3n) is 2.07. The van der Waals surface area contributed by atoms with Crippen molar-refractivity contribution >= 4 is 23.3 Å². The van der Waals surface area contributed by atoms with Crippen molar-refractivity contribution in [3.63, 3.8) is 0 Å². The summed E-state index contributed by atoms with van der Waals surface area (Å²) in [5, 5.41) is 0.673. The number of halogens is 1. The standard InChI is InChI=1S/C11H15ClN2O/c1-4-14(11(15)13(2)3)10-7-5-9(12)6-8-10/h5-8H,4H2,1-3H3. The van der Waals surface area contributed by atoms with Gasteiger partial charge < -0.3 is 4.90 Å². The van der Waals surface area contributed by atoms with Gasteiger partial charge in [-0.15, -0.1) is 0 Å². The van der Waals surface area contributed by atoms with E-state index in [0.717, 1.165) is 5.69 Å². The minimum Gasteiger partial charge on any atom is -0.330 e. The van der Waals surface area contributed by atoms with Gasteiger partial charge in [-0.25, -0.2) is 4.79 Å². The smallest absolute Gasteiger partial charge is 0.323 e. The molecular formula is C11H15ClN2O. The zero-order valence-corrected chi connectivity index (χ0v) is 9.95. The Labute approximate surface area is 95.2 Å². The highest BCUT2D eigenvalue weighted by molar-refractivity contribution is 6.30. The molecule has 1 aromatic carbocycles. The Hall–Kier alpha value is -1.22. The normalized spacial score (nSPS) is 9.87. The quantitative estimate of drug-likeness (QED) is 0.761. The molecule has 0 heterocycles. The van der Waals surface area contributed by atoms with Crippen LogP contribution in [0, 0.1) is 0 Å². The van der Waals surface area contributed by atoms with E-state index in [9.17, 15) is 4.79 Å². The van der Waals surface area contributed by atoms with Gasteiger partial charge in [0.25, 0.3) is 0 Å². The summed E-state index contributed by atoms with van der Waals surface area (Å²) < 4.78 is 0. The second kappa shape index (κ2) is 5.03. The van der Waals surface area contributed by atoms with E-state index in [0.29, 0.717) is 11.6 Å². The van der Waals surface area contributed by atoms with Crippen LogP contribution in [0.2, 0.25) is 5.02 Å².